The highest BCUT2D eigenvalue weighted by atomic mass is 32.1. The van der Waals surface area contributed by atoms with E-state index in [1.165, 1.54) is 24.5 Å². The number of benzene rings is 1. The Morgan fingerprint density at radius 2 is 2.00 bits per heavy atom. The average Bonchev–Trinajstić information content (AvgIpc) is 2.85. The first-order valence-corrected chi connectivity index (χ1v) is 6.13. The van der Waals surface area contributed by atoms with E-state index in [0.717, 1.165) is 12.1 Å². The number of methoxy groups -OCH3 is 1. The summed E-state index contributed by atoms with van der Waals surface area (Å²) >= 11 is 1.23. The second-order valence-corrected chi connectivity index (χ2v) is 4.71. The molecule has 1 aromatic heterocycles. The SMILES string of the molecule is COc1cc(C(F)(F)F)ccc1-c1csc(C=O)c1. The molecule has 0 aliphatic carbocycles. The van der Waals surface area contributed by atoms with Crippen LogP contribution in [0.4, 0.5) is 13.2 Å². The van der Waals surface area contributed by atoms with E-state index >= 15 is 0 Å². The maximum absolute atomic E-state index is 12.6. The lowest BCUT2D eigenvalue weighted by Crippen LogP contribution is -2.05. The van der Waals surface area contributed by atoms with Crippen LogP contribution in [0.15, 0.2) is 29.6 Å². The van der Waals surface area contributed by atoms with E-state index in [1.807, 2.05) is 0 Å². The topological polar surface area (TPSA) is 26.3 Å². The molecule has 2 nitrogen and oxygen atoms in total. The molecular formula is C13H9F3O2S. The summed E-state index contributed by atoms with van der Waals surface area (Å²) in [7, 11) is 1.31. The zero-order chi connectivity index (χ0) is 14.0. The molecular weight excluding hydrogens is 277 g/mol. The van der Waals surface area contributed by atoms with Gasteiger partial charge in [0.25, 0.3) is 0 Å². The Kier molecular flexibility index (Phi) is 3.61. The second-order valence-electron chi connectivity index (χ2n) is 3.77. The summed E-state index contributed by atoms with van der Waals surface area (Å²) in [6.07, 6.45) is -3.71. The molecule has 2 rings (SSSR count). The molecule has 6 heteroatoms. The number of hydrogen-bond donors (Lipinski definition) is 0. The molecule has 2 aromatic rings. The summed E-state index contributed by atoms with van der Waals surface area (Å²) < 4.78 is 42.8. The van der Waals surface area contributed by atoms with Crippen molar-refractivity contribution < 1.29 is 22.7 Å². The third-order valence-electron chi connectivity index (χ3n) is 2.58. The van der Waals surface area contributed by atoms with Crippen molar-refractivity contribution >= 4 is 17.6 Å². The van der Waals surface area contributed by atoms with Crippen molar-refractivity contribution in [1.82, 2.24) is 0 Å². The molecule has 0 atom stereocenters. The van der Waals surface area contributed by atoms with Crippen LogP contribution in [0, 0.1) is 0 Å². The molecule has 0 spiro atoms. The van der Waals surface area contributed by atoms with Crippen LogP contribution in [0.5, 0.6) is 5.75 Å². The van der Waals surface area contributed by atoms with Gasteiger partial charge in [-0.15, -0.1) is 11.3 Å². The summed E-state index contributed by atoms with van der Waals surface area (Å²) in [5.74, 6) is 0.130. The number of carbonyl (C=O) groups is 1. The Hall–Kier alpha value is -1.82. The lowest BCUT2D eigenvalue weighted by atomic mass is 10.0. The molecule has 19 heavy (non-hydrogen) atoms. The lowest BCUT2D eigenvalue weighted by molar-refractivity contribution is -0.137. The summed E-state index contributed by atoms with van der Waals surface area (Å²) in [5, 5.41) is 1.70. The Morgan fingerprint density at radius 1 is 1.26 bits per heavy atom. The van der Waals surface area contributed by atoms with E-state index in [4.69, 9.17) is 4.74 Å². The Morgan fingerprint density at radius 3 is 2.53 bits per heavy atom. The van der Waals surface area contributed by atoms with Crippen molar-refractivity contribution in [2.75, 3.05) is 7.11 Å². The largest absolute Gasteiger partial charge is 0.496 e. The Labute approximate surface area is 111 Å². The minimum Gasteiger partial charge on any atom is -0.496 e. The fourth-order valence-corrected chi connectivity index (χ4v) is 2.37. The Bertz CT molecular complexity index is 602. The number of carbonyl (C=O) groups excluding carboxylic acids is 1. The number of halogens is 3. The molecule has 1 heterocycles. The number of thiophene rings is 1. The van der Waals surface area contributed by atoms with Gasteiger partial charge in [0.1, 0.15) is 5.75 Å². The molecule has 0 bridgehead atoms. The smallest absolute Gasteiger partial charge is 0.416 e. The summed E-state index contributed by atoms with van der Waals surface area (Å²) in [6.45, 7) is 0. The minimum absolute atomic E-state index is 0.130. The predicted octanol–water partition coefficient (Wildman–Crippen LogP) is 4.26. The number of hydrogen-bond acceptors (Lipinski definition) is 3. The zero-order valence-corrected chi connectivity index (χ0v) is 10.6. The molecule has 100 valence electrons. The molecule has 0 aliphatic rings. The van der Waals surface area contributed by atoms with Crippen LogP contribution in [0.3, 0.4) is 0 Å². The third kappa shape index (κ3) is 2.78. The monoisotopic (exact) mass is 286 g/mol. The quantitative estimate of drug-likeness (QED) is 0.788. The van der Waals surface area contributed by atoms with E-state index < -0.39 is 11.7 Å². The molecule has 0 saturated heterocycles. The van der Waals surface area contributed by atoms with E-state index in [2.05, 4.69) is 0 Å². The van der Waals surface area contributed by atoms with Crippen molar-refractivity contribution in [1.29, 1.82) is 0 Å². The van der Waals surface area contributed by atoms with Gasteiger partial charge < -0.3 is 4.74 Å². The van der Waals surface area contributed by atoms with Gasteiger partial charge in [-0.1, -0.05) is 6.07 Å². The third-order valence-corrected chi connectivity index (χ3v) is 3.43. The van der Waals surface area contributed by atoms with Gasteiger partial charge in [-0.25, -0.2) is 0 Å². The fourth-order valence-electron chi connectivity index (χ4n) is 1.66. The van der Waals surface area contributed by atoms with Gasteiger partial charge in [0.2, 0.25) is 0 Å². The van der Waals surface area contributed by atoms with Crippen molar-refractivity contribution in [3.8, 4) is 16.9 Å². The number of alkyl halides is 3. The highest BCUT2D eigenvalue weighted by molar-refractivity contribution is 7.12. The first-order chi connectivity index (χ1) is 8.95. The van der Waals surface area contributed by atoms with Gasteiger partial charge >= 0.3 is 6.18 Å². The highest BCUT2D eigenvalue weighted by Crippen LogP contribution is 2.38. The van der Waals surface area contributed by atoms with E-state index in [0.29, 0.717) is 22.3 Å². The van der Waals surface area contributed by atoms with E-state index in [-0.39, 0.29) is 5.75 Å². The molecule has 0 unspecified atom stereocenters. The van der Waals surface area contributed by atoms with Crippen LogP contribution in [0.2, 0.25) is 0 Å². The molecule has 0 N–H and O–H groups in total. The molecule has 0 saturated carbocycles. The van der Waals surface area contributed by atoms with Crippen molar-refractivity contribution in [3.63, 3.8) is 0 Å². The first-order valence-electron chi connectivity index (χ1n) is 5.25. The number of aldehydes is 1. The van der Waals surface area contributed by atoms with Crippen molar-refractivity contribution in [3.05, 3.63) is 40.1 Å². The van der Waals surface area contributed by atoms with Crippen LogP contribution < -0.4 is 4.74 Å². The highest BCUT2D eigenvalue weighted by Gasteiger charge is 2.31. The van der Waals surface area contributed by atoms with E-state index in [9.17, 15) is 18.0 Å². The van der Waals surface area contributed by atoms with Gasteiger partial charge in [-0.05, 0) is 29.1 Å². The van der Waals surface area contributed by atoms with Crippen LogP contribution in [0.25, 0.3) is 11.1 Å². The number of ether oxygens (including phenoxy) is 1. The van der Waals surface area contributed by atoms with Gasteiger partial charge in [-0.2, -0.15) is 13.2 Å². The van der Waals surface area contributed by atoms with Gasteiger partial charge in [-0.3, -0.25) is 4.79 Å². The zero-order valence-electron chi connectivity index (χ0n) is 9.82. The van der Waals surface area contributed by atoms with E-state index in [1.54, 1.807) is 11.4 Å². The summed E-state index contributed by atoms with van der Waals surface area (Å²) in [5.41, 5.74) is 0.427. The fraction of sp³-hybridized carbons (Fsp3) is 0.154. The van der Waals surface area contributed by atoms with Crippen molar-refractivity contribution in [2.45, 2.75) is 6.18 Å². The van der Waals surface area contributed by atoms with Gasteiger partial charge in [0.15, 0.2) is 6.29 Å². The second kappa shape index (κ2) is 5.05. The molecule has 1 aromatic carbocycles. The maximum atomic E-state index is 12.6. The molecule has 0 fully saturated rings. The maximum Gasteiger partial charge on any atom is 0.416 e. The van der Waals surface area contributed by atoms with Crippen LogP contribution in [-0.4, -0.2) is 13.4 Å². The average molecular weight is 286 g/mol. The summed E-state index contributed by atoms with van der Waals surface area (Å²) in [4.78, 5) is 11.1. The Balaban J connectivity index is 2.49. The normalized spacial score (nSPS) is 11.4. The van der Waals surface area contributed by atoms with Crippen LogP contribution in [0.1, 0.15) is 15.2 Å². The van der Waals surface area contributed by atoms with Crippen LogP contribution >= 0.6 is 11.3 Å². The summed E-state index contributed by atoms with van der Waals surface area (Å²) in [6, 6.07) is 4.91. The molecule has 0 radical (unpaired) electrons. The lowest BCUT2D eigenvalue weighted by Gasteiger charge is -2.11. The molecule has 0 amide bonds. The first kappa shape index (κ1) is 13.6. The van der Waals surface area contributed by atoms with Crippen molar-refractivity contribution in [2.24, 2.45) is 0 Å². The van der Waals surface area contributed by atoms with Crippen LogP contribution in [-0.2, 0) is 6.18 Å². The van der Waals surface area contributed by atoms with Gasteiger partial charge in [0.05, 0.1) is 17.6 Å². The minimum atomic E-state index is -4.41. The molecule has 0 aliphatic heterocycles. The van der Waals surface area contributed by atoms with Gasteiger partial charge in [0, 0.05) is 5.56 Å². The predicted molar refractivity (Wildman–Crippen MR) is 66.7 cm³/mol. The number of rotatable bonds is 3. The standard InChI is InChI=1S/C13H9F3O2S/c1-18-12-5-9(13(14,15)16)2-3-11(12)8-4-10(6-17)19-7-8/h2-7H,1H3.